The number of carbonyl (C=O) groups excluding carboxylic acids is 2. The van der Waals surface area contributed by atoms with Gasteiger partial charge in [0.2, 0.25) is 5.91 Å². The van der Waals surface area contributed by atoms with Crippen molar-refractivity contribution in [3.05, 3.63) is 23.9 Å². The van der Waals surface area contributed by atoms with Crippen molar-refractivity contribution < 1.29 is 9.59 Å². The van der Waals surface area contributed by atoms with Gasteiger partial charge in [0, 0.05) is 24.3 Å². The van der Waals surface area contributed by atoms with Crippen LogP contribution in [0.15, 0.2) is 23.4 Å². The maximum Gasteiger partial charge on any atom is 0.254 e. The molecule has 110 valence electrons. The standard InChI is InChI=1S/C14H21N3O2S/c1-14(2,3)16-11(18)9-17(4)13(19)10-6-7-15-12(8-10)20-5/h6-8H,9H2,1-5H3,(H,16,18). The van der Waals surface area contributed by atoms with E-state index in [4.69, 9.17) is 0 Å². The summed E-state index contributed by atoms with van der Waals surface area (Å²) in [5, 5.41) is 3.61. The van der Waals surface area contributed by atoms with E-state index in [9.17, 15) is 9.59 Å². The van der Waals surface area contributed by atoms with Gasteiger partial charge in [-0.15, -0.1) is 11.8 Å². The summed E-state index contributed by atoms with van der Waals surface area (Å²) in [6.07, 6.45) is 3.50. The number of likely N-dealkylation sites (N-methyl/N-ethyl adjacent to an activating group) is 1. The molecule has 0 aliphatic heterocycles. The van der Waals surface area contributed by atoms with Crippen LogP contribution in [-0.2, 0) is 4.79 Å². The molecule has 0 aliphatic carbocycles. The lowest BCUT2D eigenvalue weighted by Gasteiger charge is -2.23. The Labute approximate surface area is 124 Å². The largest absolute Gasteiger partial charge is 0.350 e. The minimum Gasteiger partial charge on any atom is -0.350 e. The van der Waals surface area contributed by atoms with E-state index in [2.05, 4.69) is 10.3 Å². The fraction of sp³-hybridized carbons (Fsp3) is 0.500. The lowest BCUT2D eigenvalue weighted by Crippen LogP contribution is -2.46. The Hall–Kier alpha value is -1.56. The van der Waals surface area contributed by atoms with Gasteiger partial charge >= 0.3 is 0 Å². The zero-order chi connectivity index (χ0) is 15.3. The van der Waals surface area contributed by atoms with E-state index >= 15 is 0 Å². The van der Waals surface area contributed by atoms with Crippen LogP contribution in [0.2, 0.25) is 0 Å². The SMILES string of the molecule is CSc1cc(C(=O)N(C)CC(=O)NC(C)(C)C)ccn1. The van der Waals surface area contributed by atoms with Crippen LogP contribution in [0, 0.1) is 0 Å². The van der Waals surface area contributed by atoms with Crippen molar-refractivity contribution in [2.75, 3.05) is 19.8 Å². The Bertz CT molecular complexity index is 497. The molecule has 5 nitrogen and oxygen atoms in total. The van der Waals surface area contributed by atoms with Crippen molar-refractivity contribution >= 4 is 23.6 Å². The lowest BCUT2D eigenvalue weighted by atomic mass is 10.1. The molecule has 0 spiro atoms. The van der Waals surface area contributed by atoms with Crippen LogP contribution in [0.1, 0.15) is 31.1 Å². The topological polar surface area (TPSA) is 62.3 Å². The van der Waals surface area contributed by atoms with Crippen molar-refractivity contribution in [3.63, 3.8) is 0 Å². The molecule has 6 heteroatoms. The number of amides is 2. The van der Waals surface area contributed by atoms with E-state index in [0.29, 0.717) is 5.56 Å². The molecular weight excluding hydrogens is 274 g/mol. The molecule has 0 saturated heterocycles. The zero-order valence-electron chi connectivity index (χ0n) is 12.6. The van der Waals surface area contributed by atoms with Gasteiger partial charge in [-0.3, -0.25) is 9.59 Å². The molecule has 1 N–H and O–H groups in total. The summed E-state index contributed by atoms with van der Waals surface area (Å²) >= 11 is 1.47. The van der Waals surface area contributed by atoms with Crippen molar-refractivity contribution in [3.8, 4) is 0 Å². The summed E-state index contributed by atoms with van der Waals surface area (Å²) in [6, 6.07) is 3.38. The van der Waals surface area contributed by atoms with Gasteiger partial charge in [-0.2, -0.15) is 0 Å². The molecule has 1 aromatic heterocycles. The average Bonchev–Trinajstić information content (AvgIpc) is 2.35. The summed E-state index contributed by atoms with van der Waals surface area (Å²) < 4.78 is 0. The Balaban J connectivity index is 2.69. The number of hydrogen-bond acceptors (Lipinski definition) is 4. The highest BCUT2D eigenvalue weighted by atomic mass is 32.2. The van der Waals surface area contributed by atoms with Crippen molar-refractivity contribution in [2.24, 2.45) is 0 Å². The van der Waals surface area contributed by atoms with E-state index < -0.39 is 0 Å². The number of aromatic nitrogens is 1. The summed E-state index contributed by atoms with van der Waals surface area (Å²) in [7, 11) is 1.61. The summed E-state index contributed by atoms with van der Waals surface area (Å²) in [5.74, 6) is -0.362. The molecule has 0 fully saturated rings. The number of pyridine rings is 1. The molecule has 0 unspecified atom stereocenters. The molecule has 1 heterocycles. The minimum atomic E-state index is -0.302. The first-order valence-corrected chi connectivity index (χ1v) is 7.52. The molecule has 1 aromatic rings. The molecule has 0 aromatic carbocycles. The van der Waals surface area contributed by atoms with Gasteiger partial charge in [0.1, 0.15) is 0 Å². The van der Waals surface area contributed by atoms with E-state index in [-0.39, 0.29) is 23.9 Å². The fourth-order valence-corrected chi connectivity index (χ4v) is 2.03. The predicted molar refractivity (Wildman–Crippen MR) is 80.9 cm³/mol. The molecule has 0 bridgehead atoms. The van der Waals surface area contributed by atoms with Crippen LogP contribution in [-0.4, -0.2) is 47.1 Å². The maximum atomic E-state index is 12.2. The Morgan fingerprint density at radius 2 is 2.05 bits per heavy atom. The highest BCUT2D eigenvalue weighted by molar-refractivity contribution is 7.98. The zero-order valence-corrected chi connectivity index (χ0v) is 13.4. The quantitative estimate of drug-likeness (QED) is 0.860. The summed E-state index contributed by atoms with van der Waals surface area (Å²) in [5.41, 5.74) is 0.235. The smallest absolute Gasteiger partial charge is 0.254 e. The lowest BCUT2D eigenvalue weighted by molar-refractivity contribution is -0.122. The number of hydrogen-bond donors (Lipinski definition) is 1. The first kappa shape index (κ1) is 16.5. The molecule has 1 rings (SSSR count). The van der Waals surface area contributed by atoms with Crippen LogP contribution in [0.4, 0.5) is 0 Å². The number of rotatable bonds is 4. The van der Waals surface area contributed by atoms with Crippen LogP contribution >= 0.6 is 11.8 Å². The first-order valence-electron chi connectivity index (χ1n) is 6.29. The van der Waals surface area contributed by atoms with Crippen LogP contribution < -0.4 is 5.32 Å². The van der Waals surface area contributed by atoms with Gasteiger partial charge in [-0.25, -0.2) is 4.98 Å². The van der Waals surface area contributed by atoms with E-state index in [1.807, 2.05) is 27.0 Å². The minimum absolute atomic E-state index is 0.0347. The van der Waals surface area contributed by atoms with Gasteiger partial charge in [0.25, 0.3) is 5.91 Å². The molecule has 0 aliphatic rings. The molecule has 0 atom stereocenters. The molecule has 0 saturated carbocycles. The van der Waals surface area contributed by atoms with Gasteiger partial charge in [0.05, 0.1) is 11.6 Å². The van der Waals surface area contributed by atoms with Gasteiger partial charge in [0.15, 0.2) is 0 Å². The molecule has 0 radical (unpaired) electrons. The van der Waals surface area contributed by atoms with E-state index in [1.165, 1.54) is 16.7 Å². The Morgan fingerprint density at radius 3 is 2.60 bits per heavy atom. The number of carbonyl (C=O) groups is 2. The van der Waals surface area contributed by atoms with E-state index in [0.717, 1.165) is 5.03 Å². The number of thioether (sulfide) groups is 1. The first-order chi connectivity index (χ1) is 9.23. The van der Waals surface area contributed by atoms with Crippen molar-refractivity contribution in [1.29, 1.82) is 0 Å². The second-order valence-corrected chi connectivity index (χ2v) is 6.37. The highest BCUT2D eigenvalue weighted by Crippen LogP contribution is 2.13. The Kier molecular flexibility index (Phi) is 5.56. The third-order valence-corrected chi connectivity index (χ3v) is 3.07. The molecule has 20 heavy (non-hydrogen) atoms. The molecule has 2 amide bonds. The number of nitrogens with one attached hydrogen (secondary N) is 1. The van der Waals surface area contributed by atoms with Crippen LogP contribution in [0.5, 0.6) is 0 Å². The van der Waals surface area contributed by atoms with Crippen LogP contribution in [0.3, 0.4) is 0 Å². The summed E-state index contributed by atoms with van der Waals surface area (Å²) in [6.45, 7) is 5.74. The number of nitrogens with zero attached hydrogens (tertiary/aromatic N) is 2. The second kappa shape index (κ2) is 6.74. The average molecular weight is 295 g/mol. The predicted octanol–water partition coefficient (Wildman–Crippen LogP) is 1.79. The van der Waals surface area contributed by atoms with E-state index in [1.54, 1.807) is 25.4 Å². The monoisotopic (exact) mass is 295 g/mol. The fourth-order valence-electron chi connectivity index (χ4n) is 1.62. The van der Waals surface area contributed by atoms with Gasteiger partial charge in [-0.1, -0.05) is 0 Å². The maximum absolute atomic E-state index is 12.2. The van der Waals surface area contributed by atoms with Crippen molar-refractivity contribution in [1.82, 2.24) is 15.2 Å². The van der Waals surface area contributed by atoms with Crippen LogP contribution in [0.25, 0.3) is 0 Å². The Morgan fingerprint density at radius 1 is 1.40 bits per heavy atom. The third kappa shape index (κ3) is 5.21. The molecular formula is C14H21N3O2S. The third-order valence-electron chi connectivity index (χ3n) is 2.43. The normalized spacial score (nSPS) is 11.1. The summed E-state index contributed by atoms with van der Waals surface area (Å²) in [4.78, 5) is 29.6. The highest BCUT2D eigenvalue weighted by Gasteiger charge is 2.18. The van der Waals surface area contributed by atoms with Crippen molar-refractivity contribution in [2.45, 2.75) is 31.3 Å². The van der Waals surface area contributed by atoms with Gasteiger partial charge in [-0.05, 0) is 39.2 Å². The van der Waals surface area contributed by atoms with Gasteiger partial charge < -0.3 is 10.2 Å². The second-order valence-electron chi connectivity index (χ2n) is 5.55.